The number of carbonyl (C=O) groups is 1. The Labute approximate surface area is 374 Å². The SMILES string of the molecule is CC/C=C\C/C=C\C/C=C\C/C=C\C/C=C\CC(=O)OC(COCCCCCCCCCCCCC/C=C\C/C=C\C/C=C\C/C=C\CC)COP(=O)(O)OCC[N+](C)(C)C. The van der Waals surface area contributed by atoms with Crippen LogP contribution >= 0.6 is 7.82 Å². The number of unbranched alkanes of at least 4 members (excludes halogenated alkanes) is 11. The Morgan fingerprint density at radius 1 is 0.508 bits per heavy atom. The first-order valence-electron chi connectivity index (χ1n) is 23.6. The highest BCUT2D eigenvalue weighted by molar-refractivity contribution is 7.47. The Morgan fingerprint density at radius 3 is 1.34 bits per heavy atom. The Bertz CT molecular complexity index is 1340. The zero-order valence-electron chi connectivity index (χ0n) is 39.4. The third-order valence-electron chi connectivity index (χ3n) is 9.36. The largest absolute Gasteiger partial charge is 0.472 e. The second-order valence-corrected chi connectivity index (χ2v) is 17.8. The lowest BCUT2D eigenvalue weighted by Gasteiger charge is -2.24. The van der Waals surface area contributed by atoms with Crippen LogP contribution in [0.15, 0.2) is 109 Å². The number of hydrogen-bond donors (Lipinski definition) is 1. The van der Waals surface area contributed by atoms with Gasteiger partial charge in [0.05, 0.1) is 40.8 Å². The van der Waals surface area contributed by atoms with E-state index in [9.17, 15) is 14.3 Å². The third kappa shape index (κ3) is 48.1. The molecule has 2 atom stereocenters. The van der Waals surface area contributed by atoms with Crippen LogP contribution in [0, 0.1) is 0 Å². The molecule has 0 aromatic rings. The van der Waals surface area contributed by atoms with Crippen LogP contribution in [0.1, 0.15) is 155 Å². The van der Waals surface area contributed by atoms with E-state index in [1.807, 2.05) is 27.2 Å². The number of nitrogens with zero attached hydrogens (tertiary/aromatic N) is 1. The number of hydrogen-bond acceptors (Lipinski definition) is 6. The van der Waals surface area contributed by atoms with Gasteiger partial charge in [-0.25, -0.2) is 4.57 Å². The van der Waals surface area contributed by atoms with E-state index in [1.165, 1.54) is 64.2 Å². The lowest BCUT2D eigenvalue weighted by molar-refractivity contribution is -0.870. The molecule has 348 valence electrons. The predicted molar refractivity (Wildman–Crippen MR) is 261 cm³/mol. The average Bonchev–Trinajstić information content (AvgIpc) is 3.22. The summed E-state index contributed by atoms with van der Waals surface area (Å²) in [6, 6.07) is 0. The van der Waals surface area contributed by atoms with Crippen molar-refractivity contribution in [1.82, 2.24) is 0 Å². The van der Waals surface area contributed by atoms with Gasteiger partial charge >= 0.3 is 13.8 Å². The van der Waals surface area contributed by atoms with E-state index in [-0.39, 0.29) is 26.2 Å². The maximum absolute atomic E-state index is 12.6. The minimum Gasteiger partial charge on any atom is -0.457 e. The second-order valence-electron chi connectivity index (χ2n) is 16.4. The van der Waals surface area contributed by atoms with Crippen molar-refractivity contribution in [2.45, 2.75) is 161 Å². The van der Waals surface area contributed by atoms with Gasteiger partial charge in [0.2, 0.25) is 0 Å². The number of rotatable bonds is 42. The van der Waals surface area contributed by atoms with Gasteiger partial charge in [0, 0.05) is 6.61 Å². The summed E-state index contributed by atoms with van der Waals surface area (Å²) in [5.41, 5.74) is 0. The maximum atomic E-state index is 12.6. The molecule has 0 spiro atoms. The first-order chi connectivity index (χ1) is 29.6. The smallest absolute Gasteiger partial charge is 0.457 e. The van der Waals surface area contributed by atoms with Gasteiger partial charge in [0.15, 0.2) is 0 Å². The monoisotopic (exact) mass is 871 g/mol. The van der Waals surface area contributed by atoms with Crippen LogP contribution in [-0.4, -0.2) is 75.6 Å². The molecular weight excluding hydrogens is 782 g/mol. The van der Waals surface area contributed by atoms with E-state index in [0.717, 1.165) is 64.2 Å². The van der Waals surface area contributed by atoms with Gasteiger partial charge < -0.3 is 18.9 Å². The number of ether oxygens (including phenoxy) is 2. The quantitative estimate of drug-likeness (QED) is 0.0215. The molecule has 0 aliphatic rings. The van der Waals surface area contributed by atoms with Crippen molar-refractivity contribution in [3.8, 4) is 0 Å². The molecule has 0 saturated heterocycles. The van der Waals surface area contributed by atoms with E-state index in [1.54, 1.807) is 6.08 Å². The zero-order chi connectivity index (χ0) is 44.8. The molecule has 0 bridgehead atoms. The third-order valence-corrected chi connectivity index (χ3v) is 10.3. The van der Waals surface area contributed by atoms with Crippen LogP contribution in [0.2, 0.25) is 0 Å². The summed E-state index contributed by atoms with van der Waals surface area (Å²) in [4.78, 5) is 22.9. The highest BCUT2D eigenvalue weighted by Crippen LogP contribution is 2.43. The molecule has 8 nitrogen and oxygen atoms in total. The number of allylic oxidation sites excluding steroid dienone is 17. The van der Waals surface area contributed by atoms with Crippen molar-refractivity contribution >= 4 is 13.8 Å². The van der Waals surface area contributed by atoms with E-state index in [2.05, 4.69) is 111 Å². The van der Waals surface area contributed by atoms with E-state index >= 15 is 0 Å². The molecule has 0 heterocycles. The molecule has 2 unspecified atom stereocenters. The molecule has 1 N–H and O–H groups in total. The van der Waals surface area contributed by atoms with Crippen molar-refractivity contribution in [2.75, 3.05) is 54.1 Å². The first-order valence-corrected chi connectivity index (χ1v) is 25.1. The van der Waals surface area contributed by atoms with Gasteiger partial charge in [-0.05, 0) is 77.0 Å². The summed E-state index contributed by atoms with van der Waals surface area (Å²) in [6.07, 6.45) is 61.7. The molecule has 0 amide bonds. The molecule has 0 aliphatic heterocycles. The molecule has 0 aliphatic carbocycles. The lowest BCUT2D eigenvalue weighted by Crippen LogP contribution is -2.37. The Kier molecular flexibility index (Phi) is 41.8. The molecule has 61 heavy (non-hydrogen) atoms. The standard InChI is InChI=1S/C52H88NO7P/c1-6-8-10-12-14-16-18-20-22-23-24-25-26-27-28-29-30-32-34-36-38-40-42-44-47-57-49-51(50-59-61(55,56)58-48-46-53(3,4)5)60-52(54)45-43-41-39-37-35-33-31-21-19-17-15-13-11-9-7-2/h8-11,14-17,20-22,24-25,31,35,37,41,43,51H,6-7,12-13,18-19,23,26-30,32-34,36,38-40,42,44-50H2,1-5H3/p+1/b10-8-,11-9-,16-14-,17-15-,22-20-,25-24-,31-21-,37-35-,43-41-. The number of quaternary nitrogens is 1. The zero-order valence-corrected chi connectivity index (χ0v) is 40.2. The fourth-order valence-corrected chi connectivity index (χ4v) is 6.54. The number of phosphoric ester groups is 1. The van der Waals surface area contributed by atoms with Crippen LogP contribution < -0.4 is 0 Å². The molecule has 0 radical (unpaired) electrons. The predicted octanol–water partition coefficient (Wildman–Crippen LogP) is 14.4. The number of carbonyl (C=O) groups excluding carboxylic acids is 1. The second kappa shape index (κ2) is 43.8. The van der Waals surface area contributed by atoms with Gasteiger partial charge in [-0.1, -0.05) is 181 Å². The summed E-state index contributed by atoms with van der Waals surface area (Å²) in [6.45, 7) is 5.22. The minimum atomic E-state index is -4.31. The molecule has 9 heteroatoms. The maximum Gasteiger partial charge on any atom is 0.472 e. The summed E-state index contributed by atoms with van der Waals surface area (Å²) in [5, 5.41) is 0. The molecule has 0 aromatic carbocycles. The van der Waals surface area contributed by atoms with Crippen LogP contribution in [0.4, 0.5) is 0 Å². The topological polar surface area (TPSA) is 91.3 Å². The Hall–Kier alpha value is -2.84. The highest BCUT2D eigenvalue weighted by atomic mass is 31.2. The van der Waals surface area contributed by atoms with Gasteiger partial charge in [-0.3, -0.25) is 13.8 Å². The Balaban J connectivity index is 4.26. The fourth-order valence-electron chi connectivity index (χ4n) is 5.79. The molecule has 0 saturated carbocycles. The molecule has 0 aromatic heterocycles. The van der Waals surface area contributed by atoms with Gasteiger partial charge in [-0.15, -0.1) is 0 Å². The van der Waals surface area contributed by atoms with Crippen molar-refractivity contribution < 1.29 is 37.3 Å². The highest BCUT2D eigenvalue weighted by Gasteiger charge is 2.26. The summed E-state index contributed by atoms with van der Waals surface area (Å²) in [5.74, 6) is -0.445. The first kappa shape index (κ1) is 58.2. The average molecular weight is 871 g/mol. The summed E-state index contributed by atoms with van der Waals surface area (Å²) in [7, 11) is 1.59. The van der Waals surface area contributed by atoms with E-state index in [0.29, 0.717) is 24.1 Å². The molecule has 0 fully saturated rings. The lowest BCUT2D eigenvalue weighted by atomic mass is 10.1. The minimum absolute atomic E-state index is 0.0655. The van der Waals surface area contributed by atoms with Crippen molar-refractivity contribution in [2.24, 2.45) is 0 Å². The van der Waals surface area contributed by atoms with Gasteiger partial charge in [0.1, 0.15) is 19.3 Å². The number of esters is 1. The molecular formula is C52H89NO7P+. The van der Waals surface area contributed by atoms with Crippen LogP contribution in [0.5, 0.6) is 0 Å². The van der Waals surface area contributed by atoms with Crippen molar-refractivity contribution in [3.05, 3.63) is 109 Å². The summed E-state index contributed by atoms with van der Waals surface area (Å²) < 4.78 is 34.9. The number of likely N-dealkylation sites (N-methyl/N-ethyl adjacent to an activating group) is 1. The van der Waals surface area contributed by atoms with Crippen molar-refractivity contribution in [3.63, 3.8) is 0 Å². The number of phosphoric acid groups is 1. The fraction of sp³-hybridized carbons (Fsp3) is 0.635. The van der Waals surface area contributed by atoms with Crippen LogP contribution in [0.25, 0.3) is 0 Å². The van der Waals surface area contributed by atoms with Crippen LogP contribution in [0.3, 0.4) is 0 Å². The van der Waals surface area contributed by atoms with E-state index in [4.69, 9.17) is 18.5 Å². The van der Waals surface area contributed by atoms with Crippen LogP contribution in [-0.2, 0) is 27.9 Å². The summed E-state index contributed by atoms with van der Waals surface area (Å²) >= 11 is 0. The van der Waals surface area contributed by atoms with Crippen molar-refractivity contribution in [1.29, 1.82) is 0 Å². The Morgan fingerprint density at radius 2 is 0.902 bits per heavy atom. The molecule has 0 rings (SSSR count). The van der Waals surface area contributed by atoms with Gasteiger partial charge in [-0.2, -0.15) is 0 Å². The normalized spacial score (nSPS) is 14.7. The van der Waals surface area contributed by atoms with E-state index < -0.39 is 19.9 Å². The van der Waals surface area contributed by atoms with Gasteiger partial charge in [0.25, 0.3) is 0 Å².